The Kier molecular flexibility index (Phi) is 5.19. The molecule has 0 radical (unpaired) electrons. The number of thioether (sulfide) groups is 1. The Balaban J connectivity index is 1.82. The van der Waals surface area contributed by atoms with E-state index >= 15 is 0 Å². The van der Waals surface area contributed by atoms with Crippen molar-refractivity contribution in [2.75, 3.05) is 25.4 Å². The fraction of sp³-hybridized carbons (Fsp3) is 1.00. The number of nitrogens with zero attached hydrogens (tertiary/aromatic N) is 1. The highest BCUT2D eigenvalue weighted by molar-refractivity contribution is 8.00. The molecule has 0 bridgehead atoms. The van der Waals surface area contributed by atoms with Gasteiger partial charge in [-0.3, -0.25) is 0 Å². The van der Waals surface area contributed by atoms with Crippen LogP contribution in [-0.2, 0) is 0 Å². The van der Waals surface area contributed by atoms with Gasteiger partial charge in [-0.15, -0.1) is 0 Å². The van der Waals surface area contributed by atoms with E-state index in [9.17, 15) is 0 Å². The third kappa shape index (κ3) is 3.87. The molecule has 1 saturated carbocycles. The molecule has 0 spiro atoms. The summed E-state index contributed by atoms with van der Waals surface area (Å²) in [6.45, 7) is 8.52. The molecule has 0 amide bonds. The van der Waals surface area contributed by atoms with Crippen LogP contribution in [-0.4, -0.2) is 41.6 Å². The second kappa shape index (κ2) is 6.44. The van der Waals surface area contributed by atoms with Crippen molar-refractivity contribution in [3.8, 4) is 0 Å². The van der Waals surface area contributed by atoms with Crippen molar-refractivity contribution in [2.45, 2.75) is 50.8 Å². The van der Waals surface area contributed by atoms with Crippen LogP contribution in [0.3, 0.4) is 0 Å². The van der Waals surface area contributed by atoms with Crippen LogP contribution in [0.5, 0.6) is 0 Å². The molecule has 2 fully saturated rings. The van der Waals surface area contributed by atoms with Crippen molar-refractivity contribution in [2.24, 2.45) is 17.6 Å². The van der Waals surface area contributed by atoms with E-state index in [-0.39, 0.29) is 0 Å². The van der Waals surface area contributed by atoms with Gasteiger partial charge in [-0.1, -0.05) is 13.8 Å². The van der Waals surface area contributed by atoms with E-state index < -0.39 is 0 Å². The predicted octanol–water partition coefficient (Wildman–Crippen LogP) is 2.58. The fourth-order valence-corrected chi connectivity index (χ4v) is 4.51. The molecule has 1 heterocycles. The maximum atomic E-state index is 6.29. The Hall–Kier alpha value is 0.270. The molecule has 1 aliphatic heterocycles. The van der Waals surface area contributed by atoms with Crippen LogP contribution in [0.4, 0.5) is 0 Å². The molecular weight excluding hydrogens is 228 g/mol. The molecule has 2 aliphatic rings. The third-order valence-corrected chi connectivity index (χ3v) is 5.85. The van der Waals surface area contributed by atoms with E-state index in [0.29, 0.717) is 6.04 Å². The predicted molar refractivity (Wildman–Crippen MR) is 77.5 cm³/mol. The van der Waals surface area contributed by atoms with Crippen molar-refractivity contribution in [3.05, 3.63) is 0 Å². The Morgan fingerprint density at radius 2 is 2.18 bits per heavy atom. The molecule has 2 rings (SSSR count). The second-order valence-electron chi connectivity index (χ2n) is 6.00. The molecule has 0 aromatic rings. The smallest absolute Gasteiger partial charge is 0.0172 e. The van der Waals surface area contributed by atoms with Crippen LogP contribution in [0.25, 0.3) is 0 Å². The highest BCUT2D eigenvalue weighted by Gasteiger charge is 2.29. The first-order valence-corrected chi connectivity index (χ1v) is 8.33. The normalized spacial score (nSPS) is 40.4. The lowest BCUT2D eigenvalue weighted by atomic mass is 9.79. The van der Waals surface area contributed by atoms with Crippen LogP contribution < -0.4 is 5.73 Å². The van der Waals surface area contributed by atoms with Crippen molar-refractivity contribution in [1.29, 1.82) is 0 Å². The van der Waals surface area contributed by atoms with Gasteiger partial charge in [0, 0.05) is 36.7 Å². The molecule has 4 atom stereocenters. The molecule has 100 valence electrons. The van der Waals surface area contributed by atoms with Gasteiger partial charge >= 0.3 is 0 Å². The first-order valence-electron chi connectivity index (χ1n) is 7.28. The SMILES string of the molecule is CCC1CN(CC2CC(C)CCC2N)CCS1. The van der Waals surface area contributed by atoms with Gasteiger partial charge in [0.1, 0.15) is 0 Å². The van der Waals surface area contributed by atoms with Gasteiger partial charge < -0.3 is 10.6 Å². The minimum Gasteiger partial charge on any atom is -0.327 e. The maximum Gasteiger partial charge on any atom is 0.0172 e. The van der Waals surface area contributed by atoms with Crippen LogP contribution >= 0.6 is 11.8 Å². The van der Waals surface area contributed by atoms with Crippen molar-refractivity contribution >= 4 is 11.8 Å². The molecule has 2 N–H and O–H groups in total. The van der Waals surface area contributed by atoms with Gasteiger partial charge in [0.2, 0.25) is 0 Å². The summed E-state index contributed by atoms with van der Waals surface area (Å²) in [6.07, 6.45) is 5.24. The maximum absolute atomic E-state index is 6.29. The zero-order chi connectivity index (χ0) is 12.3. The molecule has 2 nitrogen and oxygen atoms in total. The van der Waals surface area contributed by atoms with Gasteiger partial charge in [0.15, 0.2) is 0 Å². The summed E-state index contributed by atoms with van der Waals surface area (Å²) in [5.41, 5.74) is 6.29. The largest absolute Gasteiger partial charge is 0.327 e. The van der Waals surface area contributed by atoms with Crippen molar-refractivity contribution < 1.29 is 0 Å². The van der Waals surface area contributed by atoms with Gasteiger partial charge in [-0.25, -0.2) is 0 Å². The van der Waals surface area contributed by atoms with Gasteiger partial charge in [-0.2, -0.15) is 11.8 Å². The average Bonchev–Trinajstić information content (AvgIpc) is 2.34. The monoisotopic (exact) mass is 256 g/mol. The van der Waals surface area contributed by atoms with Crippen molar-refractivity contribution in [3.63, 3.8) is 0 Å². The molecule has 17 heavy (non-hydrogen) atoms. The quantitative estimate of drug-likeness (QED) is 0.841. The number of nitrogens with two attached hydrogens (primary N) is 1. The van der Waals surface area contributed by atoms with E-state index in [2.05, 4.69) is 30.5 Å². The summed E-state index contributed by atoms with van der Waals surface area (Å²) < 4.78 is 0. The van der Waals surface area contributed by atoms with Crippen LogP contribution in [0, 0.1) is 11.8 Å². The zero-order valence-electron chi connectivity index (χ0n) is 11.4. The summed E-state index contributed by atoms with van der Waals surface area (Å²) in [4.78, 5) is 2.67. The fourth-order valence-electron chi connectivity index (χ4n) is 3.26. The molecule has 1 saturated heterocycles. The Morgan fingerprint density at radius 1 is 1.35 bits per heavy atom. The molecule has 1 aliphatic carbocycles. The number of rotatable bonds is 3. The van der Waals surface area contributed by atoms with Gasteiger partial charge in [0.25, 0.3) is 0 Å². The summed E-state index contributed by atoms with van der Waals surface area (Å²) in [6, 6.07) is 0.459. The molecule has 0 aromatic carbocycles. The summed E-state index contributed by atoms with van der Waals surface area (Å²) in [5.74, 6) is 2.95. The van der Waals surface area contributed by atoms with E-state index in [1.54, 1.807) is 0 Å². The summed E-state index contributed by atoms with van der Waals surface area (Å²) >= 11 is 2.16. The zero-order valence-corrected chi connectivity index (χ0v) is 12.2. The van der Waals surface area contributed by atoms with Gasteiger partial charge in [0.05, 0.1) is 0 Å². The third-order valence-electron chi connectivity index (χ3n) is 4.47. The van der Waals surface area contributed by atoms with E-state index in [4.69, 9.17) is 5.73 Å². The highest BCUT2D eigenvalue weighted by atomic mass is 32.2. The van der Waals surface area contributed by atoms with Crippen LogP contribution in [0.15, 0.2) is 0 Å². The first kappa shape index (κ1) is 13.7. The minimum absolute atomic E-state index is 0.459. The van der Waals surface area contributed by atoms with Crippen LogP contribution in [0.2, 0.25) is 0 Å². The highest BCUT2D eigenvalue weighted by Crippen LogP contribution is 2.30. The number of hydrogen-bond donors (Lipinski definition) is 1. The van der Waals surface area contributed by atoms with Crippen molar-refractivity contribution in [1.82, 2.24) is 4.90 Å². The molecule has 3 heteroatoms. The van der Waals surface area contributed by atoms with Crippen LogP contribution in [0.1, 0.15) is 39.5 Å². The Morgan fingerprint density at radius 3 is 2.94 bits per heavy atom. The first-order chi connectivity index (χ1) is 8.19. The molecular formula is C14H28N2S. The van der Waals surface area contributed by atoms with E-state index in [1.165, 1.54) is 51.1 Å². The lowest BCUT2D eigenvalue weighted by Crippen LogP contribution is -2.46. The average molecular weight is 256 g/mol. The van der Waals surface area contributed by atoms with Gasteiger partial charge in [-0.05, 0) is 37.5 Å². The summed E-state index contributed by atoms with van der Waals surface area (Å²) in [5, 5.41) is 0.862. The van der Waals surface area contributed by atoms with E-state index in [1.807, 2.05) is 0 Å². The Bertz CT molecular complexity index is 234. The topological polar surface area (TPSA) is 29.3 Å². The minimum atomic E-state index is 0.459. The standard InChI is InChI=1S/C14H28N2S/c1-3-13-10-16(6-7-17-13)9-12-8-11(2)4-5-14(12)15/h11-14H,3-10,15H2,1-2H3. The lowest BCUT2D eigenvalue weighted by molar-refractivity contribution is 0.164. The lowest BCUT2D eigenvalue weighted by Gasteiger charge is -2.39. The number of hydrogen-bond acceptors (Lipinski definition) is 3. The second-order valence-corrected chi connectivity index (χ2v) is 7.41. The Labute approximate surface area is 111 Å². The summed E-state index contributed by atoms with van der Waals surface area (Å²) in [7, 11) is 0. The molecule has 0 aromatic heterocycles. The van der Waals surface area contributed by atoms with E-state index in [0.717, 1.165) is 17.1 Å². The molecule has 4 unspecified atom stereocenters.